The zero-order chi connectivity index (χ0) is 12.3. The summed E-state index contributed by atoms with van der Waals surface area (Å²) in [6, 6.07) is 0. The van der Waals surface area contributed by atoms with Crippen molar-refractivity contribution in [2.75, 3.05) is 0 Å². The van der Waals surface area contributed by atoms with Gasteiger partial charge in [0, 0.05) is 11.8 Å². The highest BCUT2D eigenvalue weighted by atomic mass is 16.5. The average molecular weight is 223 g/mol. The fraction of sp³-hybridized carbons (Fsp3) is 0.500. The van der Waals surface area contributed by atoms with Crippen molar-refractivity contribution in [3.63, 3.8) is 0 Å². The van der Waals surface area contributed by atoms with Crippen molar-refractivity contribution in [2.45, 2.75) is 39.9 Å². The third-order valence-electron chi connectivity index (χ3n) is 2.14. The maximum absolute atomic E-state index is 10.9. The van der Waals surface area contributed by atoms with Gasteiger partial charge in [0.05, 0.1) is 23.5 Å². The van der Waals surface area contributed by atoms with E-state index in [1.165, 1.54) is 0 Å². The molecule has 0 atom stereocenters. The Morgan fingerprint density at radius 2 is 2.12 bits per heavy atom. The lowest BCUT2D eigenvalue weighted by Gasteiger charge is -2.20. The smallest absolute Gasteiger partial charge is 0.154 e. The highest BCUT2D eigenvalue weighted by Gasteiger charge is 2.15. The summed E-state index contributed by atoms with van der Waals surface area (Å²) >= 11 is 0. The molecule has 4 nitrogen and oxygen atoms in total. The van der Waals surface area contributed by atoms with E-state index in [9.17, 15) is 9.90 Å². The van der Waals surface area contributed by atoms with Crippen molar-refractivity contribution < 1.29 is 14.6 Å². The van der Waals surface area contributed by atoms with E-state index in [-0.39, 0.29) is 23.5 Å². The molecule has 1 N–H and O–H groups in total. The Morgan fingerprint density at radius 3 is 2.62 bits per heavy atom. The lowest BCUT2D eigenvalue weighted by Crippen LogP contribution is -2.19. The van der Waals surface area contributed by atoms with Crippen LogP contribution in [0.3, 0.4) is 0 Å². The molecule has 0 spiro atoms. The minimum Gasteiger partial charge on any atom is -0.505 e. The molecular weight excluding hydrogens is 206 g/mol. The van der Waals surface area contributed by atoms with Crippen molar-refractivity contribution in [2.24, 2.45) is 0 Å². The summed E-state index contributed by atoms with van der Waals surface area (Å²) in [5.74, 6) is -0.0648. The third kappa shape index (κ3) is 3.03. The van der Waals surface area contributed by atoms with Gasteiger partial charge in [0.1, 0.15) is 5.75 Å². The molecular formula is C12H17NO3. The molecule has 0 amide bonds. The summed E-state index contributed by atoms with van der Waals surface area (Å²) in [5, 5.41) is 9.66. The van der Waals surface area contributed by atoms with Crippen molar-refractivity contribution in [3.05, 3.63) is 23.0 Å². The van der Waals surface area contributed by atoms with Gasteiger partial charge in [-0.2, -0.15) is 0 Å². The number of hydrogen-bond acceptors (Lipinski definition) is 4. The second-order valence-electron chi connectivity index (χ2n) is 4.65. The van der Waals surface area contributed by atoms with E-state index in [0.717, 1.165) is 0 Å². The largest absolute Gasteiger partial charge is 0.505 e. The lowest BCUT2D eigenvalue weighted by molar-refractivity contribution is -0.0153. The number of aromatic hydroxyl groups is 1. The Morgan fingerprint density at radius 1 is 1.50 bits per heavy atom. The molecule has 0 aliphatic carbocycles. The topological polar surface area (TPSA) is 59.4 Å². The number of carbonyl (C=O) groups excluding carboxylic acids is 1. The average Bonchev–Trinajstić information content (AvgIpc) is 2.18. The first-order chi connectivity index (χ1) is 7.35. The predicted molar refractivity (Wildman–Crippen MR) is 60.6 cm³/mol. The highest BCUT2D eigenvalue weighted by molar-refractivity contribution is 5.81. The minimum absolute atomic E-state index is 0.0648. The lowest BCUT2D eigenvalue weighted by atomic mass is 10.1. The molecule has 0 radical (unpaired) electrons. The Hall–Kier alpha value is -1.42. The van der Waals surface area contributed by atoms with E-state index in [4.69, 9.17) is 4.74 Å². The van der Waals surface area contributed by atoms with Crippen molar-refractivity contribution in [1.29, 1.82) is 0 Å². The Kier molecular flexibility index (Phi) is 3.65. The molecule has 1 aromatic heterocycles. The van der Waals surface area contributed by atoms with Crippen molar-refractivity contribution in [3.8, 4) is 5.75 Å². The van der Waals surface area contributed by atoms with Crippen LogP contribution in [0.15, 0.2) is 6.20 Å². The van der Waals surface area contributed by atoms with Gasteiger partial charge in [0.2, 0.25) is 0 Å². The van der Waals surface area contributed by atoms with Crippen LogP contribution in [0.1, 0.15) is 42.4 Å². The second-order valence-corrected chi connectivity index (χ2v) is 4.65. The van der Waals surface area contributed by atoms with Gasteiger partial charge in [-0.25, -0.2) is 0 Å². The van der Waals surface area contributed by atoms with Crippen LogP contribution in [0.25, 0.3) is 0 Å². The zero-order valence-electron chi connectivity index (χ0n) is 10.1. The molecule has 0 aliphatic rings. The number of ether oxygens (including phenoxy) is 1. The first-order valence-corrected chi connectivity index (χ1v) is 5.11. The zero-order valence-corrected chi connectivity index (χ0v) is 10.1. The Balaban J connectivity index is 2.97. The molecule has 0 saturated heterocycles. The van der Waals surface area contributed by atoms with Crippen LogP contribution < -0.4 is 0 Å². The van der Waals surface area contributed by atoms with Gasteiger partial charge >= 0.3 is 0 Å². The SMILES string of the molecule is Cc1ncc(COC(C)(C)C)c(C=O)c1O. The molecule has 0 saturated carbocycles. The van der Waals surface area contributed by atoms with Crippen LogP contribution in [-0.2, 0) is 11.3 Å². The van der Waals surface area contributed by atoms with Crippen LogP contribution in [0.4, 0.5) is 0 Å². The molecule has 0 aromatic carbocycles. The van der Waals surface area contributed by atoms with Crippen LogP contribution >= 0.6 is 0 Å². The molecule has 0 unspecified atom stereocenters. The standard InChI is InChI=1S/C12H17NO3/c1-8-11(15)10(6-14)9(5-13-8)7-16-12(2,3)4/h5-6,15H,7H2,1-4H3. The predicted octanol–water partition coefficient (Wildman–Crippen LogP) is 2.22. The molecule has 0 bridgehead atoms. The molecule has 1 aromatic rings. The van der Waals surface area contributed by atoms with Crippen molar-refractivity contribution in [1.82, 2.24) is 4.98 Å². The summed E-state index contributed by atoms with van der Waals surface area (Å²) in [7, 11) is 0. The number of carbonyl (C=O) groups is 1. The number of pyridine rings is 1. The number of aldehydes is 1. The quantitative estimate of drug-likeness (QED) is 0.798. The van der Waals surface area contributed by atoms with Gasteiger partial charge in [-0.05, 0) is 27.7 Å². The highest BCUT2D eigenvalue weighted by Crippen LogP contribution is 2.23. The first-order valence-electron chi connectivity index (χ1n) is 5.11. The molecule has 1 rings (SSSR count). The molecule has 1 heterocycles. The van der Waals surface area contributed by atoms with E-state index in [2.05, 4.69) is 4.98 Å². The second kappa shape index (κ2) is 4.61. The van der Waals surface area contributed by atoms with Gasteiger partial charge in [-0.1, -0.05) is 0 Å². The minimum atomic E-state index is -0.291. The fourth-order valence-corrected chi connectivity index (χ4v) is 1.19. The summed E-state index contributed by atoms with van der Waals surface area (Å²) in [5.41, 5.74) is 1.02. The summed E-state index contributed by atoms with van der Waals surface area (Å²) in [6.07, 6.45) is 2.19. The maximum Gasteiger partial charge on any atom is 0.154 e. The van der Waals surface area contributed by atoms with Gasteiger partial charge in [0.15, 0.2) is 6.29 Å². The van der Waals surface area contributed by atoms with E-state index in [1.54, 1.807) is 13.1 Å². The van der Waals surface area contributed by atoms with Gasteiger partial charge in [-0.3, -0.25) is 9.78 Å². The number of nitrogens with zero attached hydrogens (tertiary/aromatic N) is 1. The summed E-state index contributed by atoms with van der Waals surface area (Å²) < 4.78 is 5.54. The number of aromatic nitrogens is 1. The number of aryl methyl sites for hydroxylation is 1. The van der Waals surface area contributed by atoms with Gasteiger partial charge < -0.3 is 9.84 Å². The van der Waals surface area contributed by atoms with Crippen LogP contribution in [0.2, 0.25) is 0 Å². The Bertz CT molecular complexity index is 394. The van der Waals surface area contributed by atoms with E-state index >= 15 is 0 Å². The normalized spacial score (nSPS) is 11.5. The maximum atomic E-state index is 10.9. The van der Waals surface area contributed by atoms with E-state index < -0.39 is 0 Å². The van der Waals surface area contributed by atoms with Crippen LogP contribution in [0.5, 0.6) is 5.75 Å². The van der Waals surface area contributed by atoms with Crippen LogP contribution in [-0.4, -0.2) is 22.0 Å². The fourth-order valence-electron chi connectivity index (χ4n) is 1.19. The first kappa shape index (κ1) is 12.6. The molecule has 88 valence electrons. The summed E-state index contributed by atoms with van der Waals surface area (Å²) in [6.45, 7) is 7.69. The monoisotopic (exact) mass is 223 g/mol. The van der Waals surface area contributed by atoms with Gasteiger partial charge in [0.25, 0.3) is 0 Å². The summed E-state index contributed by atoms with van der Waals surface area (Å²) in [4.78, 5) is 14.9. The molecule has 0 aliphatic heterocycles. The van der Waals surface area contributed by atoms with Crippen molar-refractivity contribution >= 4 is 6.29 Å². The number of hydrogen-bond donors (Lipinski definition) is 1. The van der Waals surface area contributed by atoms with Crippen LogP contribution in [0, 0.1) is 6.92 Å². The number of rotatable bonds is 3. The van der Waals surface area contributed by atoms with E-state index in [0.29, 0.717) is 17.5 Å². The molecule has 0 fully saturated rings. The van der Waals surface area contributed by atoms with E-state index in [1.807, 2.05) is 20.8 Å². The molecule has 16 heavy (non-hydrogen) atoms. The Labute approximate surface area is 95.3 Å². The van der Waals surface area contributed by atoms with Gasteiger partial charge in [-0.15, -0.1) is 0 Å². The molecule has 4 heteroatoms. The third-order valence-corrected chi connectivity index (χ3v) is 2.14.